The van der Waals surface area contributed by atoms with Gasteiger partial charge in [-0.25, -0.2) is 34.1 Å². The number of carbonyl (C=O) groups is 1. The van der Waals surface area contributed by atoms with Crippen LogP contribution in [0.1, 0.15) is 52.9 Å². The van der Waals surface area contributed by atoms with Gasteiger partial charge in [0.1, 0.15) is 6.10 Å². The van der Waals surface area contributed by atoms with Crippen molar-refractivity contribution in [2.45, 2.75) is 70.2 Å². The highest BCUT2D eigenvalue weighted by molar-refractivity contribution is 5.81. The predicted molar refractivity (Wildman–Crippen MR) is 87.8 cm³/mol. The first-order valence-electron chi connectivity index (χ1n) is 8.54. The summed E-state index contributed by atoms with van der Waals surface area (Å²) in [6.07, 6.45) is 1.54. The Morgan fingerprint density at radius 3 is 2.00 bits per heavy atom. The van der Waals surface area contributed by atoms with Crippen molar-refractivity contribution in [3.8, 4) is 0 Å². The normalized spacial score (nSPS) is 17.3. The summed E-state index contributed by atoms with van der Waals surface area (Å²) in [5.74, 6) is -0.935. The molecule has 0 aliphatic heterocycles. The molecule has 0 heterocycles. The Morgan fingerprint density at radius 1 is 0.923 bits per heavy atom. The van der Waals surface area contributed by atoms with E-state index in [0.29, 0.717) is 19.3 Å². The van der Waals surface area contributed by atoms with Gasteiger partial charge >= 0.3 is 5.97 Å². The van der Waals surface area contributed by atoms with E-state index in [0.717, 1.165) is 6.42 Å². The number of rotatable bonds is 16. The van der Waals surface area contributed by atoms with E-state index in [1.165, 1.54) is 28.4 Å². The van der Waals surface area contributed by atoms with Crippen LogP contribution in [-0.2, 0) is 48.9 Å². The molecule has 10 nitrogen and oxygen atoms in total. The molecular formula is C16H32O10. The van der Waals surface area contributed by atoms with Gasteiger partial charge in [-0.1, -0.05) is 33.6 Å². The van der Waals surface area contributed by atoms with Crippen LogP contribution < -0.4 is 0 Å². The van der Waals surface area contributed by atoms with Crippen LogP contribution in [0, 0.1) is 0 Å². The molecule has 0 rings (SSSR count). The Balaban J connectivity index is 6.36. The van der Waals surface area contributed by atoms with Gasteiger partial charge in [-0.15, -0.1) is 0 Å². The second-order valence-electron chi connectivity index (χ2n) is 5.44. The maximum Gasteiger partial charge on any atom is 0.383 e. The average molecular weight is 384 g/mol. The third-order valence-corrected chi connectivity index (χ3v) is 4.15. The third kappa shape index (κ3) is 5.57. The summed E-state index contributed by atoms with van der Waals surface area (Å²) < 4.78 is 0. The molecule has 0 aromatic heterocycles. The first-order chi connectivity index (χ1) is 12.5. The lowest BCUT2D eigenvalue weighted by Crippen LogP contribution is -2.68. The maximum atomic E-state index is 12.9. The molecule has 0 fully saturated rings. The van der Waals surface area contributed by atoms with E-state index in [-0.39, 0.29) is 6.42 Å². The van der Waals surface area contributed by atoms with Crippen molar-refractivity contribution >= 4 is 5.97 Å². The van der Waals surface area contributed by atoms with E-state index in [4.69, 9.17) is 34.2 Å². The van der Waals surface area contributed by atoms with E-state index < -0.39 is 23.3 Å². The smallest absolute Gasteiger partial charge is 0.265 e. The first-order valence-corrected chi connectivity index (χ1v) is 8.54. The molecular weight excluding hydrogens is 352 g/mol. The Labute approximate surface area is 154 Å². The molecule has 0 saturated carbocycles. The summed E-state index contributed by atoms with van der Waals surface area (Å²) in [4.78, 5) is 53.1. The number of hydrogen-bond donors (Lipinski definition) is 0. The van der Waals surface area contributed by atoms with Gasteiger partial charge in [0.15, 0.2) is 5.60 Å². The van der Waals surface area contributed by atoms with Crippen LogP contribution >= 0.6 is 0 Å². The molecule has 0 N–H and O–H groups in total. The van der Waals surface area contributed by atoms with Gasteiger partial charge < -0.3 is 0 Å². The van der Waals surface area contributed by atoms with E-state index in [9.17, 15) is 4.79 Å². The highest BCUT2D eigenvalue weighted by Gasteiger charge is 2.66. The number of carbonyl (C=O) groups excluding carboxylic acids is 1. The van der Waals surface area contributed by atoms with Crippen molar-refractivity contribution < 1.29 is 48.9 Å². The summed E-state index contributed by atoms with van der Waals surface area (Å²) >= 11 is 0. The molecule has 0 radical (unpaired) electrons. The fourth-order valence-corrected chi connectivity index (χ4v) is 3.02. The van der Waals surface area contributed by atoms with Crippen LogP contribution in [-0.4, -0.2) is 51.7 Å². The third-order valence-electron chi connectivity index (χ3n) is 4.15. The molecule has 0 saturated heterocycles. The van der Waals surface area contributed by atoms with Crippen LogP contribution in [0.25, 0.3) is 0 Å². The summed E-state index contributed by atoms with van der Waals surface area (Å²) in [5.41, 5.74) is -3.27. The van der Waals surface area contributed by atoms with Crippen molar-refractivity contribution in [3.05, 3.63) is 0 Å². The van der Waals surface area contributed by atoms with Gasteiger partial charge in [0.2, 0.25) is 5.60 Å². The van der Waals surface area contributed by atoms with Crippen LogP contribution in [0.15, 0.2) is 0 Å². The van der Waals surface area contributed by atoms with Gasteiger partial charge in [0.25, 0.3) is 0 Å². The standard InChI is InChI=1S/C16H32O10/c1-8-11-12-16(25-20-6,13(9-2)22-18-4)15(10-3,24-19-5)14(17)23-26-21-7/h13H,8-12H2,1-7H3. The molecule has 3 atom stereocenters. The minimum atomic E-state index is -1.80. The zero-order chi connectivity index (χ0) is 20.1. The largest absolute Gasteiger partial charge is 0.383 e. The number of hydrogen-bond acceptors (Lipinski definition) is 10. The zero-order valence-corrected chi connectivity index (χ0v) is 16.7. The second kappa shape index (κ2) is 13.3. The average Bonchev–Trinajstić information content (AvgIpc) is 2.65. The maximum absolute atomic E-state index is 12.9. The predicted octanol–water partition coefficient (Wildman–Crippen LogP) is 2.61. The monoisotopic (exact) mass is 384 g/mol. The lowest BCUT2D eigenvalue weighted by atomic mass is 9.72. The topological polar surface area (TPSA) is 100 Å². The molecule has 0 aromatic carbocycles. The summed E-state index contributed by atoms with van der Waals surface area (Å²) in [7, 11) is 5.14. The van der Waals surface area contributed by atoms with Gasteiger partial charge in [-0.3, -0.25) is 4.89 Å². The number of unbranched alkanes of at least 4 members (excludes halogenated alkanes) is 1. The Bertz CT molecular complexity index is 380. The molecule has 0 aliphatic carbocycles. The molecule has 0 bridgehead atoms. The quantitative estimate of drug-likeness (QED) is 0.291. The summed E-state index contributed by atoms with van der Waals surface area (Å²) in [5, 5.41) is 4.35. The lowest BCUT2D eigenvalue weighted by molar-refractivity contribution is -0.501. The molecule has 10 heteroatoms. The Kier molecular flexibility index (Phi) is 12.9. The molecule has 0 aromatic rings. The highest BCUT2D eigenvalue weighted by Crippen LogP contribution is 2.44. The first kappa shape index (κ1) is 25.1. The van der Waals surface area contributed by atoms with Crippen molar-refractivity contribution in [2.75, 3.05) is 28.4 Å². The molecule has 26 heavy (non-hydrogen) atoms. The fraction of sp³-hybridized carbons (Fsp3) is 0.938. The molecule has 0 spiro atoms. The van der Waals surface area contributed by atoms with E-state index in [1.54, 1.807) is 6.92 Å². The molecule has 0 amide bonds. The van der Waals surface area contributed by atoms with Gasteiger partial charge in [-0.05, 0) is 24.3 Å². The minimum absolute atomic E-state index is 0.0867. The van der Waals surface area contributed by atoms with Gasteiger partial charge in [0, 0.05) is 0 Å². The highest BCUT2D eigenvalue weighted by atomic mass is 17.5. The lowest BCUT2D eigenvalue weighted by Gasteiger charge is -2.47. The minimum Gasteiger partial charge on any atom is -0.265 e. The molecule has 3 unspecified atom stereocenters. The fourth-order valence-electron chi connectivity index (χ4n) is 3.02. The van der Waals surface area contributed by atoms with Crippen molar-refractivity contribution in [3.63, 3.8) is 0 Å². The van der Waals surface area contributed by atoms with Crippen molar-refractivity contribution in [2.24, 2.45) is 0 Å². The van der Waals surface area contributed by atoms with E-state index in [1.807, 2.05) is 13.8 Å². The van der Waals surface area contributed by atoms with Crippen molar-refractivity contribution in [1.29, 1.82) is 0 Å². The second-order valence-corrected chi connectivity index (χ2v) is 5.44. The van der Waals surface area contributed by atoms with E-state index in [2.05, 4.69) is 9.93 Å². The van der Waals surface area contributed by atoms with Crippen molar-refractivity contribution in [1.82, 2.24) is 0 Å². The van der Waals surface area contributed by atoms with E-state index >= 15 is 0 Å². The van der Waals surface area contributed by atoms with Crippen LogP contribution in [0.5, 0.6) is 0 Å². The molecule has 0 aliphatic rings. The Hall–Kier alpha value is -0.850. The Morgan fingerprint density at radius 2 is 1.58 bits per heavy atom. The van der Waals surface area contributed by atoms with Crippen LogP contribution in [0.2, 0.25) is 0 Å². The SMILES string of the molecule is CCCCC(OOC)(C(CC)OOC)C(CC)(OOC)C(=O)OOOC. The molecule has 156 valence electrons. The van der Waals surface area contributed by atoms with Gasteiger partial charge in [0.05, 0.1) is 28.4 Å². The zero-order valence-electron chi connectivity index (χ0n) is 16.7. The van der Waals surface area contributed by atoms with Crippen LogP contribution in [0.3, 0.4) is 0 Å². The summed E-state index contributed by atoms with van der Waals surface area (Å²) in [6, 6.07) is 0. The summed E-state index contributed by atoms with van der Waals surface area (Å²) in [6.45, 7) is 5.53. The van der Waals surface area contributed by atoms with Crippen LogP contribution in [0.4, 0.5) is 0 Å². The van der Waals surface area contributed by atoms with Gasteiger partial charge in [-0.2, -0.15) is 4.89 Å².